The highest BCUT2D eigenvalue weighted by atomic mass is 79.9. The van der Waals surface area contributed by atoms with Crippen molar-refractivity contribution in [3.8, 4) is 0 Å². The summed E-state index contributed by atoms with van der Waals surface area (Å²) in [4.78, 5) is 0. The van der Waals surface area contributed by atoms with Crippen molar-refractivity contribution in [1.82, 2.24) is 0 Å². The lowest BCUT2D eigenvalue weighted by molar-refractivity contribution is 0.116. The normalized spacial score (nSPS) is 24.7. The fourth-order valence-electron chi connectivity index (χ4n) is 2.11. The van der Waals surface area contributed by atoms with E-state index in [1.807, 2.05) is 0 Å². The molecule has 17 heavy (non-hydrogen) atoms. The van der Waals surface area contributed by atoms with Gasteiger partial charge in [-0.15, -0.1) is 0 Å². The van der Waals surface area contributed by atoms with Gasteiger partial charge >= 0.3 is 0 Å². The first kappa shape index (κ1) is 12.8. The van der Waals surface area contributed by atoms with Crippen molar-refractivity contribution in [2.75, 3.05) is 5.32 Å². The van der Waals surface area contributed by atoms with Gasteiger partial charge in [0.15, 0.2) is 0 Å². The molecule has 0 saturated heterocycles. The second-order valence-corrected chi connectivity index (χ2v) is 5.20. The number of aliphatic hydroxyl groups excluding tert-OH is 1. The van der Waals surface area contributed by atoms with Gasteiger partial charge in [0.2, 0.25) is 0 Å². The second kappa shape index (κ2) is 5.31. The van der Waals surface area contributed by atoms with Crippen LogP contribution in [0.25, 0.3) is 0 Å². The van der Waals surface area contributed by atoms with E-state index in [4.69, 9.17) is 0 Å². The molecule has 94 valence electrons. The number of hydrogen-bond acceptors (Lipinski definition) is 2. The number of aliphatic hydroxyl groups is 1. The van der Waals surface area contributed by atoms with Gasteiger partial charge in [0.05, 0.1) is 22.3 Å². The van der Waals surface area contributed by atoms with Crippen molar-refractivity contribution >= 4 is 21.6 Å². The maximum atomic E-state index is 13.6. The molecule has 0 bridgehead atoms. The quantitative estimate of drug-likeness (QED) is 0.820. The Morgan fingerprint density at radius 1 is 1.18 bits per heavy atom. The van der Waals surface area contributed by atoms with Gasteiger partial charge in [-0.1, -0.05) is 12.8 Å². The molecule has 0 radical (unpaired) electrons. The fourth-order valence-corrected chi connectivity index (χ4v) is 2.43. The molecule has 1 fully saturated rings. The first-order valence-electron chi connectivity index (χ1n) is 5.67. The molecule has 0 spiro atoms. The molecule has 1 aromatic rings. The molecular formula is C12H14BrF2NO. The summed E-state index contributed by atoms with van der Waals surface area (Å²) >= 11 is 2.93. The predicted molar refractivity (Wildman–Crippen MR) is 65.9 cm³/mol. The Labute approximate surface area is 107 Å². The molecule has 2 N–H and O–H groups in total. The molecule has 0 heterocycles. The molecule has 0 unspecified atom stereocenters. The van der Waals surface area contributed by atoms with Crippen molar-refractivity contribution in [1.29, 1.82) is 0 Å². The molecule has 0 aromatic heterocycles. The lowest BCUT2D eigenvalue weighted by Gasteiger charge is -2.29. The van der Waals surface area contributed by atoms with Crippen molar-refractivity contribution < 1.29 is 13.9 Å². The lowest BCUT2D eigenvalue weighted by Crippen LogP contribution is -2.36. The van der Waals surface area contributed by atoms with Gasteiger partial charge in [0, 0.05) is 6.07 Å². The first-order chi connectivity index (χ1) is 8.08. The van der Waals surface area contributed by atoms with Crippen LogP contribution in [0.1, 0.15) is 25.7 Å². The standard InChI is InChI=1S/C12H14BrF2NO/c13-7-5-9(15)11(6-8(7)14)16-10-3-1-2-4-12(10)17/h5-6,10,12,16-17H,1-4H2/t10-,12-/m1/s1. The topological polar surface area (TPSA) is 32.3 Å². The van der Waals surface area contributed by atoms with Gasteiger partial charge in [-0.2, -0.15) is 0 Å². The summed E-state index contributed by atoms with van der Waals surface area (Å²) in [6, 6.07) is 2.01. The molecule has 0 amide bonds. The van der Waals surface area contributed by atoms with E-state index in [2.05, 4.69) is 21.2 Å². The van der Waals surface area contributed by atoms with Crippen LogP contribution in [0.2, 0.25) is 0 Å². The zero-order chi connectivity index (χ0) is 12.4. The molecule has 1 aliphatic rings. The molecule has 1 aromatic carbocycles. The molecule has 5 heteroatoms. The van der Waals surface area contributed by atoms with E-state index in [1.165, 1.54) is 0 Å². The van der Waals surface area contributed by atoms with Crippen LogP contribution < -0.4 is 5.32 Å². The zero-order valence-corrected chi connectivity index (χ0v) is 10.8. The molecule has 2 atom stereocenters. The zero-order valence-electron chi connectivity index (χ0n) is 9.22. The van der Waals surface area contributed by atoms with Crippen molar-refractivity contribution in [2.24, 2.45) is 0 Å². The van der Waals surface area contributed by atoms with Crippen LogP contribution in [0.3, 0.4) is 0 Å². The Hall–Kier alpha value is -0.680. The smallest absolute Gasteiger partial charge is 0.147 e. The Balaban J connectivity index is 2.15. The minimum atomic E-state index is -0.518. The van der Waals surface area contributed by atoms with Gasteiger partial charge in [-0.3, -0.25) is 0 Å². The summed E-state index contributed by atoms with van der Waals surface area (Å²) in [6.45, 7) is 0. The van der Waals surface area contributed by atoms with Crippen LogP contribution >= 0.6 is 15.9 Å². The van der Waals surface area contributed by atoms with Crippen molar-refractivity contribution in [3.63, 3.8) is 0 Å². The van der Waals surface area contributed by atoms with E-state index in [1.54, 1.807) is 0 Å². The van der Waals surface area contributed by atoms with Gasteiger partial charge in [0.1, 0.15) is 11.6 Å². The number of benzene rings is 1. The van der Waals surface area contributed by atoms with Gasteiger partial charge in [-0.25, -0.2) is 8.78 Å². The maximum Gasteiger partial charge on any atom is 0.147 e. The van der Waals surface area contributed by atoms with Crippen LogP contribution in [0.5, 0.6) is 0 Å². The SMILES string of the molecule is O[C@@H]1CCCC[C@H]1Nc1cc(F)c(Br)cc1F. The molecular weight excluding hydrogens is 292 g/mol. The summed E-state index contributed by atoms with van der Waals surface area (Å²) < 4.78 is 27.0. The molecule has 1 saturated carbocycles. The highest BCUT2D eigenvalue weighted by molar-refractivity contribution is 9.10. The minimum Gasteiger partial charge on any atom is -0.391 e. The van der Waals surface area contributed by atoms with E-state index in [0.29, 0.717) is 6.42 Å². The Kier molecular flexibility index (Phi) is 3.99. The van der Waals surface area contributed by atoms with Crippen LogP contribution in [-0.4, -0.2) is 17.3 Å². The molecule has 2 rings (SSSR count). The van der Waals surface area contributed by atoms with Crippen LogP contribution in [0.15, 0.2) is 16.6 Å². The Morgan fingerprint density at radius 3 is 2.59 bits per heavy atom. The Morgan fingerprint density at radius 2 is 1.88 bits per heavy atom. The summed E-state index contributed by atoms with van der Waals surface area (Å²) in [7, 11) is 0. The van der Waals surface area contributed by atoms with Gasteiger partial charge in [0.25, 0.3) is 0 Å². The maximum absolute atomic E-state index is 13.6. The number of anilines is 1. The van der Waals surface area contributed by atoms with E-state index in [0.717, 1.165) is 31.4 Å². The third-order valence-corrected chi connectivity index (χ3v) is 3.69. The minimum absolute atomic E-state index is 0.102. The van der Waals surface area contributed by atoms with E-state index in [-0.39, 0.29) is 16.2 Å². The first-order valence-corrected chi connectivity index (χ1v) is 6.46. The van der Waals surface area contributed by atoms with Crippen molar-refractivity contribution in [3.05, 3.63) is 28.2 Å². The van der Waals surface area contributed by atoms with Crippen LogP contribution in [-0.2, 0) is 0 Å². The summed E-state index contributed by atoms with van der Waals surface area (Å²) in [5.74, 6) is -1.03. The number of hydrogen-bond donors (Lipinski definition) is 2. The molecule has 2 nitrogen and oxygen atoms in total. The molecule has 0 aliphatic heterocycles. The van der Waals surface area contributed by atoms with Crippen LogP contribution in [0, 0.1) is 11.6 Å². The third-order valence-electron chi connectivity index (χ3n) is 3.08. The largest absolute Gasteiger partial charge is 0.391 e. The van der Waals surface area contributed by atoms with E-state index < -0.39 is 17.7 Å². The van der Waals surface area contributed by atoms with Crippen molar-refractivity contribution in [2.45, 2.75) is 37.8 Å². The predicted octanol–water partition coefficient (Wildman–Crippen LogP) is 3.44. The monoisotopic (exact) mass is 305 g/mol. The van der Waals surface area contributed by atoms with E-state index in [9.17, 15) is 13.9 Å². The third kappa shape index (κ3) is 2.96. The van der Waals surface area contributed by atoms with Gasteiger partial charge in [-0.05, 0) is 34.8 Å². The number of rotatable bonds is 2. The lowest BCUT2D eigenvalue weighted by atomic mass is 9.92. The average Bonchev–Trinajstić information content (AvgIpc) is 2.29. The van der Waals surface area contributed by atoms with E-state index >= 15 is 0 Å². The average molecular weight is 306 g/mol. The van der Waals surface area contributed by atoms with Gasteiger partial charge < -0.3 is 10.4 Å². The highest BCUT2D eigenvalue weighted by Gasteiger charge is 2.23. The summed E-state index contributed by atoms with van der Waals surface area (Å²) in [5, 5.41) is 12.6. The number of halogens is 3. The molecule has 1 aliphatic carbocycles. The Bertz CT molecular complexity index is 414. The van der Waals surface area contributed by atoms with Crippen LogP contribution in [0.4, 0.5) is 14.5 Å². The summed E-state index contributed by atoms with van der Waals surface area (Å²) in [6.07, 6.45) is 2.97. The number of nitrogens with one attached hydrogen (secondary N) is 1. The highest BCUT2D eigenvalue weighted by Crippen LogP contribution is 2.27. The summed E-state index contributed by atoms with van der Waals surface area (Å²) in [5.41, 5.74) is 0.108. The second-order valence-electron chi connectivity index (χ2n) is 4.35. The fraction of sp³-hybridized carbons (Fsp3) is 0.500.